The van der Waals surface area contributed by atoms with Gasteiger partial charge in [-0.1, -0.05) is 0 Å². The third-order valence-electron chi connectivity index (χ3n) is 2.37. The van der Waals surface area contributed by atoms with Gasteiger partial charge in [-0.05, 0) is 13.0 Å². The summed E-state index contributed by atoms with van der Waals surface area (Å²) in [7, 11) is 0. The Morgan fingerprint density at radius 2 is 2.30 bits per heavy atom. The molecule has 2 N–H and O–H groups in total. The maximum Gasteiger partial charge on any atom is 0.0409 e. The largest absolute Gasteiger partial charge is 0.315 e. The average molecular weight is 158 g/mol. The summed E-state index contributed by atoms with van der Waals surface area (Å²) in [4.78, 5) is 0. The van der Waals surface area contributed by atoms with Gasteiger partial charge in [0, 0.05) is 30.1 Å². The predicted molar refractivity (Wildman–Crippen MR) is 45.5 cm³/mol. The normalized spacial score (nSPS) is 40.8. The van der Waals surface area contributed by atoms with E-state index < -0.39 is 0 Å². The first-order valence-corrected chi connectivity index (χ1v) is 5.10. The molecule has 2 aliphatic rings. The molecular weight excluding hydrogens is 144 g/mol. The van der Waals surface area contributed by atoms with Crippen molar-refractivity contribution in [3.8, 4) is 0 Å². The first kappa shape index (κ1) is 6.95. The van der Waals surface area contributed by atoms with E-state index in [2.05, 4.69) is 22.4 Å². The molecule has 2 nitrogen and oxygen atoms in total. The second-order valence-corrected chi connectivity index (χ2v) is 4.29. The van der Waals surface area contributed by atoms with Crippen LogP contribution in [0.1, 0.15) is 6.42 Å². The fourth-order valence-electron chi connectivity index (χ4n) is 1.72. The molecule has 3 heteroatoms. The van der Waals surface area contributed by atoms with Crippen LogP contribution in [0.2, 0.25) is 0 Å². The fraction of sp³-hybridized carbons (Fsp3) is 1.00. The molecule has 0 aliphatic carbocycles. The lowest BCUT2D eigenvalue weighted by Crippen LogP contribution is -2.52. The van der Waals surface area contributed by atoms with E-state index in [4.69, 9.17) is 0 Å². The van der Waals surface area contributed by atoms with Gasteiger partial charge < -0.3 is 10.6 Å². The van der Waals surface area contributed by atoms with Gasteiger partial charge in [0.25, 0.3) is 0 Å². The number of hydrogen-bond donors (Lipinski definition) is 2. The van der Waals surface area contributed by atoms with Crippen LogP contribution in [0.5, 0.6) is 0 Å². The molecule has 2 heterocycles. The summed E-state index contributed by atoms with van der Waals surface area (Å²) < 4.78 is 0. The van der Waals surface area contributed by atoms with Crippen LogP contribution in [-0.2, 0) is 0 Å². The van der Waals surface area contributed by atoms with Crippen LogP contribution >= 0.6 is 11.8 Å². The minimum absolute atomic E-state index is 0.475. The van der Waals surface area contributed by atoms with E-state index in [0.717, 1.165) is 0 Å². The maximum absolute atomic E-state index is 3.61. The summed E-state index contributed by atoms with van der Waals surface area (Å²) in [5.74, 6) is 2.60. The second-order valence-electron chi connectivity index (χ2n) is 3.19. The monoisotopic (exact) mass is 158 g/mol. The smallest absolute Gasteiger partial charge is 0.0409 e. The molecule has 1 unspecified atom stereocenters. The van der Waals surface area contributed by atoms with Crippen molar-refractivity contribution in [3.63, 3.8) is 0 Å². The van der Waals surface area contributed by atoms with E-state index in [0.29, 0.717) is 5.54 Å². The van der Waals surface area contributed by atoms with Gasteiger partial charge in [-0.2, -0.15) is 11.8 Å². The Morgan fingerprint density at radius 1 is 1.30 bits per heavy atom. The SMILES string of the molecule is C1CC2(CN1)CSCCN2. The molecule has 0 aromatic carbocycles. The molecule has 1 spiro atoms. The van der Waals surface area contributed by atoms with Gasteiger partial charge in [-0.15, -0.1) is 0 Å². The molecule has 0 aromatic heterocycles. The summed E-state index contributed by atoms with van der Waals surface area (Å²) in [6, 6.07) is 0. The Hall–Kier alpha value is 0.270. The second kappa shape index (κ2) is 2.72. The molecule has 2 aliphatic heterocycles. The number of thioether (sulfide) groups is 1. The summed E-state index contributed by atoms with van der Waals surface area (Å²) >= 11 is 2.09. The molecule has 0 bridgehead atoms. The molecule has 58 valence electrons. The summed E-state index contributed by atoms with van der Waals surface area (Å²) in [6.45, 7) is 3.58. The Morgan fingerprint density at radius 3 is 2.90 bits per heavy atom. The summed E-state index contributed by atoms with van der Waals surface area (Å²) in [6.07, 6.45) is 1.32. The molecule has 10 heavy (non-hydrogen) atoms. The lowest BCUT2D eigenvalue weighted by atomic mass is 10.0. The van der Waals surface area contributed by atoms with Crippen LogP contribution in [0.4, 0.5) is 0 Å². The number of hydrogen-bond acceptors (Lipinski definition) is 3. The van der Waals surface area contributed by atoms with Gasteiger partial charge in [0.15, 0.2) is 0 Å². The van der Waals surface area contributed by atoms with Crippen LogP contribution in [0.25, 0.3) is 0 Å². The highest BCUT2D eigenvalue weighted by Crippen LogP contribution is 2.23. The highest BCUT2D eigenvalue weighted by atomic mass is 32.2. The minimum Gasteiger partial charge on any atom is -0.315 e. The molecule has 0 aromatic rings. The standard InChI is InChI=1S/C7H14N2S/c1-2-8-5-7(1)6-10-4-3-9-7/h8-9H,1-6H2. The van der Waals surface area contributed by atoms with Gasteiger partial charge in [0.2, 0.25) is 0 Å². The van der Waals surface area contributed by atoms with E-state index in [1.54, 1.807) is 0 Å². The van der Waals surface area contributed by atoms with Crippen molar-refractivity contribution >= 4 is 11.8 Å². The molecule has 2 saturated heterocycles. The number of nitrogens with one attached hydrogen (secondary N) is 2. The van der Waals surface area contributed by atoms with Crippen molar-refractivity contribution in [1.29, 1.82) is 0 Å². The van der Waals surface area contributed by atoms with Crippen molar-refractivity contribution in [2.24, 2.45) is 0 Å². The van der Waals surface area contributed by atoms with Gasteiger partial charge in [-0.25, -0.2) is 0 Å². The lowest BCUT2D eigenvalue weighted by molar-refractivity contribution is 0.399. The third-order valence-corrected chi connectivity index (χ3v) is 3.62. The van der Waals surface area contributed by atoms with Crippen molar-refractivity contribution in [3.05, 3.63) is 0 Å². The van der Waals surface area contributed by atoms with Crippen LogP contribution in [-0.4, -0.2) is 36.7 Å². The van der Waals surface area contributed by atoms with Crippen molar-refractivity contribution in [2.45, 2.75) is 12.0 Å². The Bertz CT molecular complexity index is 113. The molecule has 0 amide bonds. The topological polar surface area (TPSA) is 24.1 Å². The highest BCUT2D eigenvalue weighted by molar-refractivity contribution is 7.99. The maximum atomic E-state index is 3.61. The van der Waals surface area contributed by atoms with E-state index >= 15 is 0 Å². The van der Waals surface area contributed by atoms with Crippen LogP contribution in [0.15, 0.2) is 0 Å². The predicted octanol–water partition coefficient (Wildman–Crippen LogP) is 0.0549. The fourth-order valence-corrected chi connectivity index (χ4v) is 2.85. The zero-order valence-corrected chi connectivity index (χ0v) is 6.97. The third kappa shape index (κ3) is 1.18. The van der Waals surface area contributed by atoms with E-state index in [1.807, 2.05) is 0 Å². The molecular formula is C7H14N2S. The van der Waals surface area contributed by atoms with Crippen molar-refractivity contribution in [2.75, 3.05) is 31.1 Å². The van der Waals surface area contributed by atoms with Crippen molar-refractivity contribution < 1.29 is 0 Å². The first-order valence-electron chi connectivity index (χ1n) is 3.95. The van der Waals surface area contributed by atoms with Crippen LogP contribution in [0, 0.1) is 0 Å². The average Bonchev–Trinajstić information content (AvgIpc) is 2.39. The molecule has 0 saturated carbocycles. The zero-order chi connectivity index (χ0) is 6.86. The van der Waals surface area contributed by atoms with Gasteiger partial charge in [-0.3, -0.25) is 0 Å². The van der Waals surface area contributed by atoms with E-state index in [-0.39, 0.29) is 0 Å². The van der Waals surface area contributed by atoms with Gasteiger partial charge >= 0.3 is 0 Å². The molecule has 2 rings (SSSR count). The van der Waals surface area contributed by atoms with Crippen LogP contribution in [0.3, 0.4) is 0 Å². The molecule has 1 atom stereocenters. The summed E-state index contributed by atoms with van der Waals surface area (Å²) in [5.41, 5.74) is 0.475. The van der Waals surface area contributed by atoms with Crippen molar-refractivity contribution in [1.82, 2.24) is 10.6 Å². The van der Waals surface area contributed by atoms with E-state index in [9.17, 15) is 0 Å². The Kier molecular flexibility index (Phi) is 1.89. The van der Waals surface area contributed by atoms with Gasteiger partial charge in [0.05, 0.1) is 0 Å². The van der Waals surface area contributed by atoms with Crippen LogP contribution < -0.4 is 10.6 Å². The van der Waals surface area contributed by atoms with E-state index in [1.165, 1.54) is 37.6 Å². The highest BCUT2D eigenvalue weighted by Gasteiger charge is 2.34. The Balaban J connectivity index is 1.98. The van der Waals surface area contributed by atoms with Gasteiger partial charge in [0.1, 0.15) is 0 Å². The Labute approximate surface area is 66.1 Å². The zero-order valence-electron chi connectivity index (χ0n) is 6.15. The number of rotatable bonds is 0. The molecule has 2 fully saturated rings. The first-order chi connectivity index (χ1) is 4.91. The summed E-state index contributed by atoms with van der Waals surface area (Å²) in [5, 5.41) is 7.02. The molecule has 0 radical (unpaired) electrons. The lowest BCUT2D eigenvalue weighted by Gasteiger charge is -2.33. The minimum atomic E-state index is 0.475. The quantitative estimate of drug-likeness (QED) is 0.521.